The minimum Gasteiger partial charge on any atom is -0.340 e. The van der Waals surface area contributed by atoms with Crippen LogP contribution in [0, 0.1) is 0 Å². The van der Waals surface area contributed by atoms with Gasteiger partial charge in [-0.25, -0.2) is 4.99 Å². The van der Waals surface area contributed by atoms with Crippen LogP contribution in [0.15, 0.2) is 99.8 Å². The highest BCUT2D eigenvalue weighted by molar-refractivity contribution is 9.10. The van der Waals surface area contributed by atoms with Crippen molar-refractivity contribution in [2.45, 2.75) is 25.4 Å². The van der Waals surface area contributed by atoms with E-state index in [2.05, 4.69) is 21.2 Å². The van der Waals surface area contributed by atoms with Gasteiger partial charge in [0.2, 0.25) is 0 Å². The Bertz CT molecular complexity index is 1230. The number of nitrogens with one attached hydrogen (secondary N) is 1. The van der Waals surface area contributed by atoms with E-state index >= 15 is 0 Å². The van der Waals surface area contributed by atoms with Gasteiger partial charge in [-0.3, -0.25) is 4.79 Å². The summed E-state index contributed by atoms with van der Waals surface area (Å²) in [6.07, 6.45) is 1.76. The monoisotopic (exact) mass is 534 g/mol. The fraction of sp³-hybridized carbons (Fsp3) is 0.185. The van der Waals surface area contributed by atoms with E-state index in [0.717, 1.165) is 38.9 Å². The molecule has 1 amide bonds. The Morgan fingerprint density at radius 3 is 2.15 bits per heavy atom. The lowest BCUT2D eigenvalue weighted by Gasteiger charge is -2.20. The Morgan fingerprint density at radius 2 is 1.56 bits per heavy atom. The molecule has 4 aromatic rings. The maximum Gasteiger partial charge on any atom is 0.269 e. The van der Waals surface area contributed by atoms with Crippen molar-refractivity contribution in [1.82, 2.24) is 9.88 Å². The zero-order chi connectivity index (χ0) is 23.8. The van der Waals surface area contributed by atoms with Crippen LogP contribution in [0.5, 0.6) is 0 Å². The summed E-state index contributed by atoms with van der Waals surface area (Å²) in [7, 11) is 0. The number of amides is 1. The van der Waals surface area contributed by atoms with Crippen molar-refractivity contribution in [2.75, 3.05) is 6.54 Å². The lowest BCUT2D eigenvalue weighted by atomic mass is 9.98. The molecule has 0 unspecified atom stereocenters. The molecule has 34 heavy (non-hydrogen) atoms. The van der Waals surface area contributed by atoms with Crippen molar-refractivity contribution >= 4 is 38.9 Å². The van der Waals surface area contributed by atoms with Gasteiger partial charge in [0.15, 0.2) is 4.80 Å². The Balaban J connectivity index is 1.68. The first kappa shape index (κ1) is 24.1. The zero-order valence-electron chi connectivity index (χ0n) is 18.7. The number of carbonyl (C=O) groups excluding carboxylic acids is 1. The van der Waals surface area contributed by atoms with Crippen LogP contribution in [0.4, 0.5) is 5.69 Å². The van der Waals surface area contributed by atoms with Crippen molar-refractivity contribution in [3.8, 4) is 0 Å². The number of unbranched alkanes of at least 4 members (excludes halogenated alkanes) is 1. The molecular formula is C27H27BrN4OS. The second-order valence-electron chi connectivity index (χ2n) is 7.87. The third-order valence-electron chi connectivity index (χ3n) is 5.46. The van der Waals surface area contributed by atoms with Gasteiger partial charge in [0.05, 0.1) is 11.7 Å². The molecule has 0 aliphatic carbocycles. The van der Waals surface area contributed by atoms with E-state index in [1.807, 2.05) is 94.9 Å². The average molecular weight is 536 g/mol. The number of hydrogen-bond donors (Lipinski definition) is 2. The number of halogens is 1. The molecule has 3 aromatic carbocycles. The Morgan fingerprint density at radius 1 is 0.941 bits per heavy atom. The van der Waals surface area contributed by atoms with Gasteiger partial charge in [-0.05, 0) is 54.8 Å². The van der Waals surface area contributed by atoms with Crippen molar-refractivity contribution < 1.29 is 4.79 Å². The van der Waals surface area contributed by atoms with Crippen LogP contribution in [-0.2, 0) is 6.54 Å². The summed E-state index contributed by atoms with van der Waals surface area (Å²) in [5.41, 5.74) is 9.24. The van der Waals surface area contributed by atoms with Gasteiger partial charge < -0.3 is 15.6 Å². The summed E-state index contributed by atoms with van der Waals surface area (Å²) in [5.74, 6) is -0.126. The molecule has 1 aromatic heterocycles. The quantitative estimate of drug-likeness (QED) is 0.266. The number of rotatable bonds is 9. The van der Waals surface area contributed by atoms with E-state index in [9.17, 15) is 4.79 Å². The number of hydrogen-bond acceptors (Lipinski definition) is 4. The summed E-state index contributed by atoms with van der Waals surface area (Å²) < 4.78 is 3.01. The number of nitrogens with two attached hydrogens (primary N) is 1. The van der Waals surface area contributed by atoms with E-state index in [1.54, 1.807) is 0 Å². The van der Waals surface area contributed by atoms with E-state index < -0.39 is 0 Å². The standard InChI is InChI=1S/C27H27BrN4OS/c28-22-13-15-23(16-14-22)30-27-32(18-8-7-17-29)24(19-34-27)26(33)31-25(20-9-3-1-4-10-20)21-11-5-2-6-12-21/h1-6,9-16,19,25H,7-8,17-18,29H2,(H,31,33)/b30-27-. The van der Waals surface area contributed by atoms with Crippen molar-refractivity contribution in [3.63, 3.8) is 0 Å². The molecule has 0 atom stereocenters. The number of nitrogens with zero attached hydrogens (tertiary/aromatic N) is 2. The average Bonchev–Trinajstić information content (AvgIpc) is 3.27. The molecule has 0 radical (unpaired) electrons. The number of benzene rings is 3. The van der Waals surface area contributed by atoms with E-state index in [-0.39, 0.29) is 11.9 Å². The second-order valence-corrected chi connectivity index (χ2v) is 9.62. The molecule has 0 saturated carbocycles. The summed E-state index contributed by atoms with van der Waals surface area (Å²) in [6.45, 7) is 1.30. The predicted molar refractivity (Wildman–Crippen MR) is 142 cm³/mol. The van der Waals surface area contributed by atoms with Crippen LogP contribution in [0.2, 0.25) is 0 Å². The first-order valence-corrected chi connectivity index (χ1v) is 12.9. The highest BCUT2D eigenvalue weighted by Crippen LogP contribution is 2.23. The van der Waals surface area contributed by atoms with Crippen molar-refractivity contribution in [3.05, 3.63) is 116 Å². The third kappa shape index (κ3) is 6.11. The Kier molecular flexibility index (Phi) is 8.46. The van der Waals surface area contributed by atoms with Crippen LogP contribution >= 0.6 is 27.3 Å². The number of carbonyl (C=O) groups is 1. The molecule has 0 aliphatic rings. The molecule has 7 heteroatoms. The van der Waals surface area contributed by atoms with Gasteiger partial charge in [0.25, 0.3) is 5.91 Å². The molecule has 174 valence electrons. The third-order valence-corrected chi connectivity index (χ3v) is 6.85. The summed E-state index contributed by atoms with van der Waals surface area (Å²) in [4.78, 5) is 19.2. The number of thiazole rings is 1. The van der Waals surface area contributed by atoms with Crippen LogP contribution in [0.1, 0.15) is 40.5 Å². The predicted octanol–water partition coefficient (Wildman–Crippen LogP) is 5.80. The first-order chi connectivity index (χ1) is 16.7. The van der Waals surface area contributed by atoms with E-state index in [4.69, 9.17) is 10.7 Å². The molecule has 0 fully saturated rings. The topological polar surface area (TPSA) is 72.4 Å². The van der Waals surface area contributed by atoms with E-state index in [0.29, 0.717) is 18.8 Å². The lowest BCUT2D eigenvalue weighted by molar-refractivity contribution is 0.0933. The van der Waals surface area contributed by atoms with Gasteiger partial charge in [-0.1, -0.05) is 76.6 Å². The Hall–Kier alpha value is -3.00. The largest absolute Gasteiger partial charge is 0.340 e. The van der Waals surface area contributed by atoms with Crippen LogP contribution in [0.3, 0.4) is 0 Å². The minimum absolute atomic E-state index is 0.126. The molecule has 0 saturated heterocycles. The number of aromatic nitrogens is 1. The molecule has 0 aliphatic heterocycles. The summed E-state index contributed by atoms with van der Waals surface area (Å²) in [6, 6.07) is 27.6. The minimum atomic E-state index is -0.251. The highest BCUT2D eigenvalue weighted by atomic mass is 79.9. The molecule has 0 bridgehead atoms. The lowest BCUT2D eigenvalue weighted by Crippen LogP contribution is -2.32. The maximum absolute atomic E-state index is 13.6. The maximum atomic E-state index is 13.6. The smallest absolute Gasteiger partial charge is 0.269 e. The summed E-state index contributed by atoms with van der Waals surface area (Å²) in [5, 5.41) is 5.15. The van der Waals surface area contributed by atoms with Gasteiger partial charge in [0.1, 0.15) is 5.69 Å². The Labute approximate surface area is 212 Å². The molecule has 5 nitrogen and oxygen atoms in total. The first-order valence-electron chi connectivity index (χ1n) is 11.2. The summed E-state index contributed by atoms with van der Waals surface area (Å²) >= 11 is 4.94. The normalized spacial score (nSPS) is 11.7. The molecular weight excluding hydrogens is 508 g/mol. The van der Waals surface area contributed by atoms with Crippen molar-refractivity contribution in [2.24, 2.45) is 10.7 Å². The molecule has 4 rings (SSSR count). The zero-order valence-corrected chi connectivity index (χ0v) is 21.1. The van der Waals surface area contributed by atoms with Gasteiger partial charge in [-0.2, -0.15) is 0 Å². The van der Waals surface area contributed by atoms with Gasteiger partial charge in [0, 0.05) is 16.4 Å². The second kappa shape index (κ2) is 11.9. The molecule has 0 spiro atoms. The molecule has 1 heterocycles. The van der Waals surface area contributed by atoms with Crippen molar-refractivity contribution in [1.29, 1.82) is 0 Å². The van der Waals surface area contributed by atoms with Crippen LogP contribution in [0.25, 0.3) is 0 Å². The fourth-order valence-corrected chi connectivity index (χ4v) is 4.90. The fourth-order valence-electron chi connectivity index (χ4n) is 3.71. The molecule has 3 N–H and O–H groups in total. The van der Waals surface area contributed by atoms with Gasteiger partial charge >= 0.3 is 0 Å². The van der Waals surface area contributed by atoms with Gasteiger partial charge in [-0.15, -0.1) is 11.3 Å². The SMILES string of the molecule is NCCCCn1c(C(=O)NC(c2ccccc2)c2ccccc2)cs/c1=N\c1ccc(Br)cc1. The van der Waals surface area contributed by atoms with Crippen LogP contribution < -0.4 is 15.9 Å². The van der Waals surface area contributed by atoms with Crippen LogP contribution in [-0.4, -0.2) is 17.0 Å². The van der Waals surface area contributed by atoms with E-state index in [1.165, 1.54) is 11.3 Å². The highest BCUT2D eigenvalue weighted by Gasteiger charge is 2.20.